The predicted molar refractivity (Wildman–Crippen MR) is 83.0 cm³/mol. The average Bonchev–Trinajstić information content (AvgIpc) is 2.48. The molecule has 1 saturated heterocycles. The van der Waals surface area contributed by atoms with E-state index in [0.29, 0.717) is 18.2 Å². The molecule has 1 aliphatic heterocycles. The normalized spacial score (nSPS) is 23.0. The van der Waals surface area contributed by atoms with Crippen LogP contribution >= 0.6 is 0 Å². The van der Waals surface area contributed by atoms with Crippen LogP contribution in [0.4, 0.5) is 0 Å². The standard InChI is InChI=1S/C15H24N2O3S/c1-3-9-17-21(18,19)14-6-4-13(5-7-14)20-15-11-16-10-8-12(15)2/h4-7,12,15-17H,3,8-11H2,1-2H3. The van der Waals surface area contributed by atoms with Crippen molar-refractivity contribution in [1.82, 2.24) is 10.0 Å². The SMILES string of the molecule is CCCNS(=O)(=O)c1ccc(OC2CNCCC2C)cc1. The zero-order chi connectivity index (χ0) is 15.3. The van der Waals surface area contributed by atoms with E-state index in [-0.39, 0.29) is 11.0 Å². The van der Waals surface area contributed by atoms with E-state index in [1.54, 1.807) is 24.3 Å². The fourth-order valence-electron chi connectivity index (χ4n) is 2.31. The van der Waals surface area contributed by atoms with E-state index < -0.39 is 10.0 Å². The maximum atomic E-state index is 12.0. The van der Waals surface area contributed by atoms with E-state index in [4.69, 9.17) is 4.74 Å². The Balaban J connectivity index is 2.01. The topological polar surface area (TPSA) is 67.4 Å². The number of hydrogen-bond donors (Lipinski definition) is 2. The van der Waals surface area contributed by atoms with Crippen LogP contribution in [0.25, 0.3) is 0 Å². The lowest BCUT2D eigenvalue weighted by atomic mass is 9.97. The van der Waals surface area contributed by atoms with Gasteiger partial charge in [0.15, 0.2) is 0 Å². The number of hydrogen-bond acceptors (Lipinski definition) is 4. The van der Waals surface area contributed by atoms with Crippen molar-refractivity contribution in [3.05, 3.63) is 24.3 Å². The van der Waals surface area contributed by atoms with Crippen molar-refractivity contribution in [2.75, 3.05) is 19.6 Å². The highest BCUT2D eigenvalue weighted by Crippen LogP contribution is 2.21. The van der Waals surface area contributed by atoms with Crippen LogP contribution in [0.3, 0.4) is 0 Å². The van der Waals surface area contributed by atoms with Gasteiger partial charge in [-0.05, 0) is 49.6 Å². The third-order valence-electron chi connectivity index (χ3n) is 3.72. The molecule has 0 radical (unpaired) electrons. The average molecular weight is 312 g/mol. The zero-order valence-corrected chi connectivity index (χ0v) is 13.4. The summed E-state index contributed by atoms with van der Waals surface area (Å²) >= 11 is 0. The van der Waals surface area contributed by atoms with Crippen molar-refractivity contribution < 1.29 is 13.2 Å². The third-order valence-corrected chi connectivity index (χ3v) is 5.20. The van der Waals surface area contributed by atoms with Crippen LogP contribution in [0.2, 0.25) is 0 Å². The molecule has 1 aromatic carbocycles. The molecule has 2 N–H and O–H groups in total. The number of ether oxygens (including phenoxy) is 1. The van der Waals surface area contributed by atoms with Crippen molar-refractivity contribution in [3.8, 4) is 5.75 Å². The first-order valence-corrected chi connectivity index (χ1v) is 8.98. The minimum atomic E-state index is -3.40. The predicted octanol–water partition coefficient (Wildman–Crippen LogP) is 1.75. The van der Waals surface area contributed by atoms with Gasteiger partial charge in [0, 0.05) is 13.1 Å². The van der Waals surface area contributed by atoms with Crippen molar-refractivity contribution in [1.29, 1.82) is 0 Å². The van der Waals surface area contributed by atoms with Crippen molar-refractivity contribution >= 4 is 10.0 Å². The Morgan fingerprint density at radius 1 is 1.33 bits per heavy atom. The van der Waals surface area contributed by atoms with E-state index in [2.05, 4.69) is 17.0 Å². The maximum absolute atomic E-state index is 12.0. The summed E-state index contributed by atoms with van der Waals surface area (Å²) in [4.78, 5) is 0.276. The highest BCUT2D eigenvalue weighted by molar-refractivity contribution is 7.89. The van der Waals surface area contributed by atoms with Crippen LogP contribution in [0.1, 0.15) is 26.7 Å². The molecule has 2 atom stereocenters. The molecule has 0 spiro atoms. The summed E-state index contributed by atoms with van der Waals surface area (Å²) in [6.07, 6.45) is 2.00. The molecule has 0 saturated carbocycles. The van der Waals surface area contributed by atoms with E-state index in [9.17, 15) is 8.42 Å². The lowest BCUT2D eigenvalue weighted by Crippen LogP contribution is -2.42. The molecule has 0 amide bonds. The molecule has 1 fully saturated rings. The molecule has 118 valence electrons. The van der Waals surface area contributed by atoms with Gasteiger partial charge in [0.2, 0.25) is 10.0 Å². The molecule has 0 aliphatic carbocycles. The van der Waals surface area contributed by atoms with E-state index in [1.165, 1.54) is 0 Å². The number of nitrogens with one attached hydrogen (secondary N) is 2. The summed E-state index contributed by atoms with van der Waals surface area (Å²) in [5, 5.41) is 3.31. The molecule has 6 heteroatoms. The van der Waals surface area contributed by atoms with Gasteiger partial charge in [-0.25, -0.2) is 13.1 Å². The van der Waals surface area contributed by atoms with Gasteiger partial charge >= 0.3 is 0 Å². The second-order valence-electron chi connectivity index (χ2n) is 5.50. The quantitative estimate of drug-likeness (QED) is 0.840. The summed E-state index contributed by atoms with van der Waals surface area (Å²) in [5.74, 6) is 1.21. The zero-order valence-electron chi connectivity index (χ0n) is 12.6. The summed E-state index contributed by atoms with van der Waals surface area (Å²) in [6.45, 7) is 6.42. The molecule has 2 unspecified atom stereocenters. The second-order valence-corrected chi connectivity index (χ2v) is 7.26. The molecule has 5 nitrogen and oxygen atoms in total. The van der Waals surface area contributed by atoms with Gasteiger partial charge < -0.3 is 10.1 Å². The van der Waals surface area contributed by atoms with E-state index >= 15 is 0 Å². The van der Waals surface area contributed by atoms with E-state index in [0.717, 1.165) is 25.9 Å². The first-order chi connectivity index (χ1) is 10.0. The van der Waals surface area contributed by atoms with Crippen molar-refractivity contribution in [3.63, 3.8) is 0 Å². The van der Waals surface area contributed by atoms with Gasteiger partial charge in [0.05, 0.1) is 4.90 Å². The maximum Gasteiger partial charge on any atom is 0.240 e. The highest BCUT2D eigenvalue weighted by Gasteiger charge is 2.22. The van der Waals surface area contributed by atoms with Gasteiger partial charge in [-0.15, -0.1) is 0 Å². The Morgan fingerprint density at radius 2 is 2.05 bits per heavy atom. The second kappa shape index (κ2) is 7.24. The Kier molecular flexibility index (Phi) is 5.61. The smallest absolute Gasteiger partial charge is 0.240 e. The van der Waals surface area contributed by atoms with Crippen molar-refractivity contribution in [2.45, 2.75) is 37.7 Å². The summed E-state index contributed by atoms with van der Waals surface area (Å²) in [6, 6.07) is 6.63. The molecule has 1 heterocycles. The van der Waals surface area contributed by atoms with Crippen molar-refractivity contribution in [2.24, 2.45) is 5.92 Å². The molecule has 0 bridgehead atoms. The first kappa shape index (κ1) is 16.3. The lowest BCUT2D eigenvalue weighted by Gasteiger charge is -2.30. The molecule has 1 aliphatic rings. The molecular formula is C15H24N2O3S. The van der Waals surface area contributed by atoms with Gasteiger partial charge in [0.25, 0.3) is 0 Å². The van der Waals surface area contributed by atoms with Gasteiger partial charge in [0.1, 0.15) is 11.9 Å². The lowest BCUT2D eigenvalue weighted by molar-refractivity contribution is 0.115. The molecule has 2 rings (SSSR count). The first-order valence-electron chi connectivity index (χ1n) is 7.50. The minimum absolute atomic E-state index is 0.138. The molecule has 0 aromatic heterocycles. The number of rotatable bonds is 6. The van der Waals surface area contributed by atoms with Crippen LogP contribution in [0.5, 0.6) is 5.75 Å². The fraction of sp³-hybridized carbons (Fsp3) is 0.600. The van der Waals surface area contributed by atoms with Gasteiger partial charge in [-0.3, -0.25) is 0 Å². The molecule has 1 aromatic rings. The summed E-state index contributed by atoms with van der Waals surface area (Å²) < 4.78 is 32.5. The van der Waals surface area contributed by atoms with Gasteiger partial charge in [-0.2, -0.15) is 0 Å². The van der Waals surface area contributed by atoms with Crippen LogP contribution in [0, 0.1) is 5.92 Å². The molecular weight excluding hydrogens is 288 g/mol. The monoisotopic (exact) mass is 312 g/mol. The van der Waals surface area contributed by atoms with Crippen LogP contribution in [-0.2, 0) is 10.0 Å². The van der Waals surface area contributed by atoms with Crippen LogP contribution in [0.15, 0.2) is 29.2 Å². The molecule has 21 heavy (non-hydrogen) atoms. The summed E-state index contributed by atoms with van der Waals surface area (Å²) in [5.41, 5.74) is 0. The largest absolute Gasteiger partial charge is 0.489 e. The number of benzene rings is 1. The Morgan fingerprint density at radius 3 is 2.67 bits per heavy atom. The Hall–Kier alpha value is -1.11. The number of sulfonamides is 1. The van der Waals surface area contributed by atoms with Crippen LogP contribution in [-0.4, -0.2) is 34.2 Å². The highest BCUT2D eigenvalue weighted by atomic mass is 32.2. The van der Waals surface area contributed by atoms with Crippen LogP contribution < -0.4 is 14.8 Å². The van der Waals surface area contributed by atoms with Gasteiger partial charge in [-0.1, -0.05) is 13.8 Å². The number of piperidine rings is 1. The summed E-state index contributed by atoms with van der Waals surface area (Å²) in [7, 11) is -3.40. The Labute approximate surface area is 127 Å². The van der Waals surface area contributed by atoms with E-state index in [1.807, 2.05) is 6.92 Å². The fourth-order valence-corrected chi connectivity index (χ4v) is 3.44. The third kappa shape index (κ3) is 4.43. The Bertz CT molecular complexity index is 543. The minimum Gasteiger partial charge on any atom is -0.489 e.